The number of hydrogen-bond acceptors (Lipinski definition) is 5. The van der Waals surface area contributed by atoms with Crippen LogP contribution in [0.15, 0.2) is 24.3 Å². The van der Waals surface area contributed by atoms with Crippen LogP contribution in [-0.2, 0) is 0 Å². The zero-order chi connectivity index (χ0) is 18.1. The molecule has 6 heteroatoms. The number of nitrogens with zero attached hydrogens (tertiary/aromatic N) is 3. The summed E-state index contributed by atoms with van der Waals surface area (Å²) < 4.78 is 12.6. The number of aromatic nitrogens is 3. The highest BCUT2D eigenvalue weighted by atomic mass is 16.5. The summed E-state index contributed by atoms with van der Waals surface area (Å²) in [5.41, 5.74) is 4.69. The van der Waals surface area contributed by atoms with E-state index in [0.29, 0.717) is 17.5 Å². The summed E-state index contributed by atoms with van der Waals surface area (Å²) in [5, 5.41) is 8.24. The minimum Gasteiger partial charge on any atom is -0.493 e. The van der Waals surface area contributed by atoms with Crippen molar-refractivity contribution in [2.75, 3.05) is 19.5 Å². The number of methoxy groups -OCH3 is 2. The Bertz CT molecular complexity index is 915. The summed E-state index contributed by atoms with van der Waals surface area (Å²) in [5.74, 6) is 2.32. The number of hydrogen-bond donors (Lipinski definition) is 1. The van der Waals surface area contributed by atoms with E-state index >= 15 is 0 Å². The minimum absolute atomic E-state index is 0.305. The monoisotopic (exact) mass is 340 g/mol. The fourth-order valence-electron chi connectivity index (χ4n) is 2.90. The molecule has 0 aliphatic heterocycles. The second-order valence-corrected chi connectivity index (χ2v) is 6.36. The van der Waals surface area contributed by atoms with Crippen molar-refractivity contribution in [1.82, 2.24) is 14.6 Å². The third-order valence-corrected chi connectivity index (χ3v) is 4.04. The Balaban J connectivity index is 2.19. The van der Waals surface area contributed by atoms with E-state index in [1.165, 1.54) is 0 Å². The maximum Gasteiger partial charge on any atom is 0.161 e. The maximum atomic E-state index is 5.42. The van der Waals surface area contributed by atoms with Gasteiger partial charge in [0.25, 0.3) is 0 Å². The number of aryl methyl sites for hydroxylation is 2. The van der Waals surface area contributed by atoms with Crippen molar-refractivity contribution in [3.05, 3.63) is 35.5 Å². The van der Waals surface area contributed by atoms with E-state index in [2.05, 4.69) is 24.1 Å². The molecule has 1 N–H and O–H groups in total. The first-order chi connectivity index (χ1) is 11.9. The number of rotatable bonds is 5. The smallest absolute Gasteiger partial charge is 0.161 e. The summed E-state index contributed by atoms with van der Waals surface area (Å²) in [6, 6.07) is 8.13. The summed E-state index contributed by atoms with van der Waals surface area (Å²) in [6.07, 6.45) is 0. The molecule has 0 aliphatic carbocycles. The van der Waals surface area contributed by atoms with Gasteiger partial charge in [-0.15, -0.1) is 0 Å². The van der Waals surface area contributed by atoms with Gasteiger partial charge in [0.15, 0.2) is 17.1 Å². The van der Waals surface area contributed by atoms with Crippen molar-refractivity contribution in [2.45, 2.75) is 33.7 Å². The highest BCUT2D eigenvalue weighted by Gasteiger charge is 2.17. The second-order valence-electron chi connectivity index (χ2n) is 6.36. The Morgan fingerprint density at radius 1 is 1.04 bits per heavy atom. The van der Waals surface area contributed by atoms with Crippen LogP contribution in [0.4, 0.5) is 5.82 Å². The molecule has 3 rings (SSSR count). The topological polar surface area (TPSA) is 60.7 Å². The number of anilines is 1. The molecule has 0 saturated carbocycles. The van der Waals surface area contributed by atoms with E-state index in [1.54, 1.807) is 14.2 Å². The quantitative estimate of drug-likeness (QED) is 0.764. The molecular formula is C19H24N4O2. The molecule has 2 heterocycles. The zero-order valence-corrected chi connectivity index (χ0v) is 15.5. The van der Waals surface area contributed by atoms with Crippen molar-refractivity contribution in [3.8, 4) is 22.8 Å². The molecule has 3 aromatic rings. The van der Waals surface area contributed by atoms with E-state index in [0.717, 1.165) is 34.0 Å². The summed E-state index contributed by atoms with van der Waals surface area (Å²) >= 11 is 0. The Hall–Kier alpha value is -2.76. The molecule has 0 radical (unpaired) electrons. The third kappa shape index (κ3) is 3.12. The zero-order valence-electron chi connectivity index (χ0n) is 15.5. The molecule has 0 fully saturated rings. The number of fused-ring (bicyclic) bond motifs is 1. The lowest BCUT2D eigenvalue weighted by Crippen LogP contribution is -2.14. The average molecular weight is 340 g/mol. The lowest BCUT2D eigenvalue weighted by Gasteiger charge is -2.12. The molecule has 0 amide bonds. The lowest BCUT2D eigenvalue weighted by atomic mass is 10.1. The molecule has 0 unspecified atom stereocenters. The van der Waals surface area contributed by atoms with Crippen molar-refractivity contribution in [2.24, 2.45) is 0 Å². The van der Waals surface area contributed by atoms with Gasteiger partial charge in [-0.3, -0.25) is 0 Å². The molecule has 25 heavy (non-hydrogen) atoms. The maximum absolute atomic E-state index is 5.42. The Morgan fingerprint density at radius 3 is 2.40 bits per heavy atom. The predicted molar refractivity (Wildman–Crippen MR) is 99.8 cm³/mol. The van der Waals surface area contributed by atoms with E-state index < -0.39 is 0 Å². The van der Waals surface area contributed by atoms with Gasteiger partial charge in [0, 0.05) is 28.9 Å². The van der Waals surface area contributed by atoms with Crippen LogP contribution in [0.25, 0.3) is 16.9 Å². The van der Waals surface area contributed by atoms with E-state index in [-0.39, 0.29) is 0 Å². The van der Waals surface area contributed by atoms with Gasteiger partial charge in [0.2, 0.25) is 0 Å². The largest absolute Gasteiger partial charge is 0.493 e. The van der Waals surface area contributed by atoms with Gasteiger partial charge in [0.1, 0.15) is 5.82 Å². The highest BCUT2D eigenvalue weighted by molar-refractivity contribution is 5.73. The average Bonchev–Trinajstić information content (AvgIpc) is 2.91. The molecule has 0 spiro atoms. The van der Waals surface area contributed by atoms with Gasteiger partial charge in [-0.25, -0.2) is 4.98 Å². The normalized spacial score (nSPS) is 11.2. The fourth-order valence-corrected chi connectivity index (χ4v) is 2.90. The molecular weight excluding hydrogens is 316 g/mol. The molecule has 6 nitrogen and oxygen atoms in total. The first-order valence-corrected chi connectivity index (χ1v) is 8.30. The summed E-state index contributed by atoms with van der Waals surface area (Å²) in [4.78, 5) is 4.67. The molecule has 0 saturated heterocycles. The van der Waals surface area contributed by atoms with Gasteiger partial charge in [-0.1, -0.05) is 0 Å². The van der Waals surface area contributed by atoms with Gasteiger partial charge < -0.3 is 14.8 Å². The van der Waals surface area contributed by atoms with E-state index in [1.807, 2.05) is 42.6 Å². The van der Waals surface area contributed by atoms with E-state index in [9.17, 15) is 0 Å². The van der Waals surface area contributed by atoms with Gasteiger partial charge in [0.05, 0.1) is 19.9 Å². The van der Waals surface area contributed by atoms with Crippen molar-refractivity contribution in [3.63, 3.8) is 0 Å². The van der Waals surface area contributed by atoms with Crippen molar-refractivity contribution < 1.29 is 9.47 Å². The standard InChI is InChI=1S/C19H24N4O2/c1-11(2)20-17-9-12(3)21-19-13(4)18(22-23(17)19)14-7-8-15(24-5)16(10-14)25-6/h7-11,20H,1-6H3. The SMILES string of the molecule is COc1ccc(-c2nn3c(NC(C)C)cc(C)nc3c2C)cc1OC. The lowest BCUT2D eigenvalue weighted by molar-refractivity contribution is 0.355. The van der Waals surface area contributed by atoms with Crippen LogP contribution in [-0.4, -0.2) is 34.9 Å². The molecule has 2 aromatic heterocycles. The van der Waals surface area contributed by atoms with Gasteiger partial charge in [-0.05, 0) is 45.9 Å². The molecule has 132 valence electrons. The molecule has 0 aliphatic rings. The summed E-state index contributed by atoms with van der Waals surface area (Å²) in [7, 11) is 3.26. The Morgan fingerprint density at radius 2 is 1.76 bits per heavy atom. The Kier molecular flexibility index (Phi) is 4.53. The van der Waals surface area contributed by atoms with Crippen LogP contribution in [0.5, 0.6) is 11.5 Å². The first kappa shape index (κ1) is 17.1. The number of benzene rings is 1. The van der Waals surface area contributed by atoms with Gasteiger partial charge in [-0.2, -0.15) is 9.61 Å². The highest BCUT2D eigenvalue weighted by Crippen LogP contribution is 2.34. The second kappa shape index (κ2) is 6.63. The van der Waals surface area contributed by atoms with Crippen LogP contribution in [0.3, 0.4) is 0 Å². The van der Waals surface area contributed by atoms with Crippen LogP contribution >= 0.6 is 0 Å². The van der Waals surface area contributed by atoms with Crippen LogP contribution in [0.1, 0.15) is 25.1 Å². The predicted octanol–water partition coefficient (Wildman–Crippen LogP) is 3.85. The molecule has 0 atom stereocenters. The Labute approximate surface area is 147 Å². The fraction of sp³-hybridized carbons (Fsp3) is 0.368. The summed E-state index contributed by atoms with van der Waals surface area (Å²) in [6.45, 7) is 8.24. The van der Waals surface area contributed by atoms with E-state index in [4.69, 9.17) is 14.6 Å². The van der Waals surface area contributed by atoms with Crippen LogP contribution < -0.4 is 14.8 Å². The number of ether oxygens (including phenoxy) is 2. The molecule has 0 bridgehead atoms. The van der Waals surface area contributed by atoms with Crippen molar-refractivity contribution >= 4 is 11.5 Å². The van der Waals surface area contributed by atoms with Crippen molar-refractivity contribution in [1.29, 1.82) is 0 Å². The van der Waals surface area contributed by atoms with Crippen LogP contribution in [0, 0.1) is 13.8 Å². The van der Waals surface area contributed by atoms with Gasteiger partial charge >= 0.3 is 0 Å². The minimum atomic E-state index is 0.305. The number of nitrogens with one attached hydrogen (secondary N) is 1. The molecule has 1 aromatic carbocycles. The third-order valence-electron chi connectivity index (χ3n) is 4.04. The van der Waals surface area contributed by atoms with Crippen LogP contribution in [0.2, 0.25) is 0 Å². The first-order valence-electron chi connectivity index (χ1n) is 8.30.